The van der Waals surface area contributed by atoms with Gasteiger partial charge in [0.25, 0.3) is 5.91 Å². The fourth-order valence-electron chi connectivity index (χ4n) is 1.96. The van der Waals surface area contributed by atoms with Crippen molar-refractivity contribution in [3.05, 3.63) is 64.1 Å². The third kappa shape index (κ3) is 4.65. The summed E-state index contributed by atoms with van der Waals surface area (Å²) in [5, 5.41) is 3.56. The second-order valence-corrected chi connectivity index (χ2v) is 5.74. The van der Waals surface area contributed by atoms with E-state index in [4.69, 9.17) is 27.9 Å². The molecule has 0 aliphatic heterocycles. The Morgan fingerprint density at radius 3 is 2.59 bits per heavy atom. The fourth-order valence-corrected chi connectivity index (χ4v) is 2.30. The number of benzene rings is 2. The fraction of sp³-hybridized carbons (Fsp3) is 0.235. The molecule has 0 heterocycles. The van der Waals surface area contributed by atoms with Crippen LogP contribution in [0.1, 0.15) is 18.4 Å². The predicted octanol–water partition coefficient (Wildman–Crippen LogP) is 4.29. The molecule has 0 unspecified atom stereocenters. The van der Waals surface area contributed by atoms with E-state index in [2.05, 4.69) is 12.2 Å². The molecule has 3 nitrogen and oxygen atoms in total. The Balaban J connectivity index is 1.80. The van der Waals surface area contributed by atoms with E-state index in [1.54, 1.807) is 18.2 Å². The van der Waals surface area contributed by atoms with E-state index in [0.717, 1.165) is 0 Å². The Hall–Kier alpha value is -1.71. The van der Waals surface area contributed by atoms with Gasteiger partial charge in [0.1, 0.15) is 10.8 Å². The first-order valence-corrected chi connectivity index (χ1v) is 7.72. The van der Waals surface area contributed by atoms with Crippen LogP contribution < -0.4 is 10.1 Å². The van der Waals surface area contributed by atoms with E-state index in [1.165, 1.54) is 5.56 Å². The van der Waals surface area contributed by atoms with Gasteiger partial charge in [-0.2, -0.15) is 0 Å². The number of halogens is 2. The molecule has 2 rings (SSSR count). The van der Waals surface area contributed by atoms with Crippen LogP contribution in [0.15, 0.2) is 48.5 Å². The number of carbonyl (C=O) groups is 1. The summed E-state index contributed by atoms with van der Waals surface area (Å²) >= 11 is 11.9. The van der Waals surface area contributed by atoms with Gasteiger partial charge in [0.15, 0.2) is 6.61 Å². The molecule has 0 aliphatic rings. The number of amides is 1. The minimum atomic E-state index is -0.196. The molecule has 0 aliphatic carbocycles. The molecule has 0 fully saturated rings. The maximum absolute atomic E-state index is 11.8. The normalized spacial score (nSPS) is 11.8. The summed E-state index contributed by atoms with van der Waals surface area (Å²) in [6, 6.07) is 15.1. The van der Waals surface area contributed by atoms with Crippen LogP contribution in [0.5, 0.6) is 5.75 Å². The Kier molecular flexibility index (Phi) is 6.10. The van der Waals surface area contributed by atoms with E-state index >= 15 is 0 Å². The number of hydrogen-bond donors (Lipinski definition) is 1. The first kappa shape index (κ1) is 16.7. The summed E-state index contributed by atoms with van der Waals surface area (Å²) in [6.07, 6.45) is 0. The van der Waals surface area contributed by atoms with Crippen molar-refractivity contribution in [2.24, 2.45) is 0 Å². The number of carbonyl (C=O) groups excluding carboxylic acids is 1. The topological polar surface area (TPSA) is 38.3 Å². The monoisotopic (exact) mass is 337 g/mol. The first-order valence-electron chi connectivity index (χ1n) is 6.96. The van der Waals surface area contributed by atoms with Crippen molar-refractivity contribution in [3.8, 4) is 5.75 Å². The standard InChI is InChI=1S/C17H17Cl2NO2/c1-12(13-6-3-2-4-7-13)10-20-16(21)11-22-15-9-5-8-14(18)17(15)19/h2-9,12H,10-11H2,1H3,(H,20,21)/t12-/m0/s1. The molecule has 2 aromatic rings. The van der Waals surface area contributed by atoms with E-state index in [0.29, 0.717) is 22.3 Å². The maximum atomic E-state index is 11.8. The summed E-state index contributed by atoms with van der Waals surface area (Å²) in [5.41, 5.74) is 1.18. The summed E-state index contributed by atoms with van der Waals surface area (Å²) < 4.78 is 5.39. The zero-order valence-electron chi connectivity index (χ0n) is 12.2. The first-order chi connectivity index (χ1) is 10.6. The smallest absolute Gasteiger partial charge is 0.257 e. The molecule has 2 aromatic carbocycles. The highest BCUT2D eigenvalue weighted by molar-refractivity contribution is 6.42. The van der Waals surface area contributed by atoms with Crippen molar-refractivity contribution in [1.82, 2.24) is 5.32 Å². The maximum Gasteiger partial charge on any atom is 0.257 e. The van der Waals surface area contributed by atoms with Gasteiger partial charge >= 0.3 is 0 Å². The van der Waals surface area contributed by atoms with Crippen LogP contribution in [0.25, 0.3) is 0 Å². The molecule has 0 aromatic heterocycles. The van der Waals surface area contributed by atoms with Crippen LogP contribution in [-0.4, -0.2) is 19.1 Å². The van der Waals surface area contributed by atoms with E-state index < -0.39 is 0 Å². The Labute approximate surface area is 140 Å². The van der Waals surface area contributed by atoms with Gasteiger partial charge in [0.2, 0.25) is 0 Å². The number of nitrogens with one attached hydrogen (secondary N) is 1. The van der Waals surface area contributed by atoms with Gasteiger partial charge < -0.3 is 10.1 Å². The van der Waals surface area contributed by atoms with Crippen molar-refractivity contribution in [3.63, 3.8) is 0 Å². The Morgan fingerprint density at radius 2 is 1.86 bits per heavy atom. The summed E-state index contributed by atoms with van der Waals surface area (Å²) in [5.74, 6) is 0.444. The molecule has 1 atom stereocenters. The van der Waals surface area contributed by atoms with Crippen LogP contribution in [-0.2, 0) is 4.79 Å². The largest absolute Gasteiger partial charge is 0.482 e. The lowest BCUT2D eigenvalue weighted by Crippen LogP contribution is -2.31. The van der Waals surface area contributed by atoms with E-state index in [-0.39, 0.29) is 18.4 Å². The van der Waals surface area contributed by atoms with Gasteiger partial charge in [-0.1, -0.05) is 66.5 Å². The molecular weight excluding hydrogens is 321 g/mol. The van der Waals surface area contributed by atoms with E-state index in [1.807, 2.05) is 30.3 Å². The zero-order chi connectivity index (χ0) is 15.9. The van der Waals surface area contributed by atoms with Crippen molar-refractivity contribution < 1.29 is 9.53 Å². The minimum Gasteiger partial charge on any atom is -0.482 e. The van der Waals surface area contributed by atoms with Gasteiger partial charge in [0.05, 0.1) is 5.02 Å². The predicted molar refractivity (Wildman–Crippen MR) is 89.8 cm³/mol. The molecule has 22 heavy (non-hydrogen) atoms. The summed E-state index contributed by atoms with van der Waals surface area (Å²) in [6.45, 7) is 2.52. The SMILES string of the molecule is C[C@@H](CNC(=O)COc1cccc(Cl)c1Cl)c1ccccc1. The molecule has 5 heteroatoms. The van der Waals surface area contributed by atoms with Crippen LogP contribution in [0.2, 0.25) is 10.0 Å². The lowest BCUT2D eigenvalue weighted by atomic mass is 10.0. The summed E-state index contributed by atoms with van der Waals surface area (Å²) in [4.78, 5) is 11.8. The molecule has 1 amide bonds. The molecule has 0 bridgehead atoms. The van der Waals surface area contributed by atoms with Crippen molar-refractivity contribution in [1.29, 1.82) is 0 Å². The second-order valence-electron chi connectivity index (χ2n) is 4.96. The second kappa shape index (κ2) is 8.06. The van der Waals surface area contributed by atoms with Crippen molar-refractivity contribution >= 4 is 29.1 Å². The van der Waals surface area contributed by atoms with Gasteiger partial charge in [0, 0.05) is 6.54 Å². The van der Waals surface area contributed by atoms with Crippen LogP contribution in [0, 0.1) is 0 Å². The molecular formula is C17H17Cl2NO2. The van der Waals surface area contributed by atoms with Gasteiger partial charge in [-0.05, 0) is 23.6 Å². The van der Waals surface area contributed by atoms with Gasteiger partial charge in [-0.25, -0.2) is 0 Å². The van der Waals surface area contributed by atoms with Gasteiger partial charge in [-0.15, -0.1) is 0 Å². The molecule has 0 radical (unpaired) electrons. The van der Waals surface area contributed by atoms with Gasteiger partial charge in [-0.3, -0.25) is 4.79 Å². The number of ether oxygens (including phenoxy) is 1. The Bertz CT molecular complexity index is 632. The van der Waals surface area contributed by atoms with Crippen LogP contribution >= 0.6 is 23.2 Å². The number of rotatable bonds is 6. The van der Waals surface area contributed by atoms with Crippen LogP contribution in [0.3, 0.4) is 0 Å². The quantitative estimate of drug-likeness (QED) is 0.853. The van der Waals surface area contributed by atoms with E-state index in [9.17, 15) is 4.79 Å². The zero-order valence-corrected chi connectivity index (χ0v) is 13.7. The Morgan fingerprint density at radius 1 is 1.14 bits per heavy atom. The number of hydrogen-bond acceptors (Lipinski definition) is 2. The van der Waals surface area contributed by atoms with Crippen LogP contribution in [0.4, 0.5) is 0 Å². The third-order valence-electron chi connectivity index (χ3n) is 3.25. The minimum absolute atomic E-state index is 0.0957. The third-order valence-corrected chi connectivity index (χ3v) is 4.05. The molecule has 0 spiro atoms. The lowest BCUT2D eigenvalue weighted by Gasteiger charge is -2.14. The molecule has 116 valence electrons. The average molecular weight is 338 g/mol. The van der Waals surface area contributed by atoms with Crippen molar-refractivity contribution in [2.45, 2.75) is 12.8 Å². The lowest BCUT2D eigenvalue weighted by molar-refractivity contribution is -0.123. The molecule has 1 N–H and O–H groups in total. The molecule has 0 saturated carbocycles. The average Bonchev–Trinajstić information content (AvgIpc) is 2.54. The molecule has 0 saturated heterocycles. The highest BCUT2D eigenvalue weighted by Crippen LogP contribution is 2.31. The van der Waals surface area contributed by atoms with Crippen molar-refractivity contribution in [2.75, 3.05) is 13.2 Å². The highest BCUT2D eigenvalue weighted by atomic mass is 35.5. The summed E-state index contributed by atoms with van der Waals surface area (Å²) in [7, 11) is 0. The highest BCUT2D eigenvalue weighted by Gasteiger charge is 2.10.